The van der Waals surface area contributed by atoms with Gasteiger partial charge in [0.15, 0.2) is 0 Å². The lowest BCUT2D eigenvalue weighted by atomic mass is 9.93. The van der Waals surface area contributed by atoms with Crippen LogP contribution >= 0.6 is 0 Å². The third-order valence-electron chi connectivity index (χ3n) is 6.54. The van der Waals surface area contributed by atoms with Crippen LogP contribution in [0.5, 0.6) is 0 Å². The van der Waals surface area contributed by atoms with Gasteiger partial charge in [-0.2, -0.15) is 0 Å². The number of amides is 1. The van der Waals surface area contributed by atoms with E-state index in [1.807, 2.05) is 23.2 Å². The molecule has 2 aromatic rings. The lowest BCUT2D eigenvalue weighted by Crippen LogP contribution is -2.41. The molecule has 0 unspecified atom stereocenters. The summed E-state index contributed by atoms with van der Waals surface area (Å²) in [6, 6.07) is 8.13. The summed E-state index contributed by atoms with van der Waals surface area (Å²) in [4.78, 5) is 26.4. The van der Waals surface area contributed by atoms with Gasteiger partial charge in [-0.15, -0.1) is 0 Å². The number of anilines is 1. The van der Waals surface area contributed by atoms with Crippen LogP contribution in [0.2, 0.25) is 0 Å². The molecule has 2 fully saturated rings. The summed E-state index contributed by atoms with van der Waals surface area (Å²) in [6.07, 6.45) is 13.1. The standard InChI is InChI=1S/C24H32N4O2/c29-18-19-10-13-27(14-11-19)23-9-8-20(15-26-23)17-28(22-6-2-1-3-7-22)24(30)21-5-4-12-25-16-21/h4-5,8-9,12,15-16,19,22,29H,1-3,6-7,10-11,13-14,17-18H2. The Morgan fingerprint density at radius 1 is 1.07 bits per heavy atom. The predicted molar refractivity (Wildman–Crippen MR) is 117 cm³/mol. The molecule has 0 atom stereocenters. The number of hydrogen-bond donors (Lipinski definition) is 1. The highest BCUT2D eigenvalue weighted by molar-refractivity contribution is 5.94. The summed E-state index contributed by atoms with van der Waals surface area (Å²) in [7, 11) is 0. The second-order valence-electron chi connectivity index (χ2n) is 8.60. The molecule has 1 N–H and O–H groups in total. The SMILES string of the molecule is O=C(c1cccnc1)N(Cc1ccc(N2CCC(CO)CC2)nc1)C1CCCCC1. The van der Waals surface area contributed by atoms with Gasteiger partial charge in [0.2, 0.25) is 0 Å². The molecule has 1 saturated heterocycles. The van der Waals surface area contributed by atoms with E-state index in [-0.39, 0.29) is 18.6 Å². The van der Waals surface area contributed by atoms with Crippen molar-refractivity contribution in [2.45, 2.75) is 57.5 Å². The number of carbonyl (C=O) groups excluding carboxylic acids is 1. The maximum atomic E-state index is 13.3. The third kappa shape index (κ3) is 4.98. The molecule has 160 valence electrons. The van der Waals surface area contributed by atoms with Crippen LogP contribution in [0, 0.1) is 5.92 Å². The summed E-state index contributed by atoms with van der Waals surface area (Å²) in [5.74, 6) is 1.46. The van der Waals surface area contributed by atoms with Gasteiger partial charge < -0.3 is 14.9 Å². The highest BCUT2D eigenvalue weighted by Crippen LogP contribution is 2.26. The van der Waals surface area contributed by atoms with Gasteiger partial charge in [-0.1, -0.05) is 25.3 Å². The molecule has 3 heterocycles. The van der Waals surface area contributed by atoms with E-state index >= 15 is 0 Å². The van der Waals surface area contributed by atoms with Crippen LogP contribution in [0.25, 0.3) is 0 Å². The van der Waals surface area contributed by atoms with Gasteiger partial charge in [0.1, 0.15) is 5.82 Å². The van der Waals surface area contributed by atoms with Crippen molar-refractivity contribution in [1.29, 1.82) is 0 Å². The van der Waals surface area contributed by atoms with Crippen LogP contribution in [0.4, 0.5) is 5.82 Å². The lowest BCUT2D eigenvalue weighted by molar-refractivity contribution is 0.0613. The molecule has 30 heavy (non-hydrogen) atoms. The predicted octanol–water partition coefficient (Wildman–Crippen LogP) is 3.66. The van der Waals surface area contributed by atoms with Crippen molar-refractivity contribution in [2.24, 2.45) is 5.92 Å². The number of aliphatic hydroxyl groups is 1. The van der Waals surface area contributed by atoms with Gasteiger partial charge >= 0.3 is 0 Å². The molecule has 6 nitrogen and oxygen atoms in total. The summed E-state index contributed by atoms with van der Waals surface area (Å²) in [5, 5.41) is 9.33. The van der Waals surface area contributed by atoms with E-state index < -0.39 is 0 Å². The number of hydrogen-bond acceptors (Lipinski definition) is 5. The van der Waals surface area contributed by atoms with Crippen molar-refractivity contribution in [2.75, 3.05) is 24.6 Å². The first-order valence-corrected chi connectivity index (χ1v) is 11.3. The molecular formula is C24H32N4O2. The van der Waals surface area contributed by atoms with Crippen molar-refractivity contribution in [1.82, 2.24) is 14.9 Å². The Balaban J connectivity index is 1.46. The van der Waals surface area contributed by atoms with Crippen molar-refractivity contribution >= 4 is 11.7 Å². The van der Waals surface area contributed by atoms with Crippen molar-refractivity contribution in [3.05, 3.63) is 54.0 Å². The smallest absolute Gasteiger partial charge is 0.255 e. The van der Waals surface area contributed by atoms with E-state index in [1.165, 1.54) is 19.3 Å². The second-order valence-corrected chi connectivity index (χ2v) is 8.60. The minimum absolute atomic E-state index is 0.0603. The number of carbonyl (C=O) groups is 1. The fraction of sp³-hybridized carbons (Fsp3) is 0.542. The number of aliphatic hydroxyl groups excluding tert-OH is 1. The minimum atomic E-state index is 0.0603. The van der Waals surface area contributed by atoms with Crippen LogP contribution in [0.1, 0.15) is 60.9 Å². The summed E-state index contributed by atoms with van der Waals surface area (Å²) in [6.45, 7) is 2.73. The number of nitrogens with zero attached hydrogens (tertiary/aromatic N) is 4. The van der Waals surface area contributed by atoms with Gasteiger partial charge in [0.25, 0.3) is 5.91 Å². The summed E-state index contributed by atoms with van der Waals surface area (Å²) in [5.41, 5.74) is 1.71. The van der Waals surface area contributed by atoms with Gasteiger partial charge in [0.05, 0.1) is 5.56 Å². The Morgan fingerprint density at radius 3 is 2.50 bits per heavy atom. The Labute approximate surface area is 179 Å². The molecule has 1 saturated carbocycles. The number of rotatable bonds is 6. The summed E-state index contributed by atoms with van der Waals surface area (Å²) < 4.78 is 0. The van der Waals surface area contributed by atoms with E-state index in [2.05, 4.69) is 22.0 Å². The molecule has 1 aliphatic carbocycles. The average molecular weight is 409 g/mol. The van der Waals surface area contributed by atoms with E-state index in [4.69, 9.17) is 4.98 Å². The molecule has 0 bridgehead atoms. The molecule has 1 amide bonds. The lowest BCUT2D eigenvalue weighted by Gasteiger charge is -2.35. The minimum Gasteiger partial charge on any atom is -0.396 e. The second kappa shape index (κ2) is 10.0. The van der Waals surface area contributed by atoms with Crippen molar-refractivity contribution in [3.8, 4) is 0 Å². The molecule has 0 radical (unpaired) electrons. The average Bonchev–Trinajstić information content (AvgIpc) is 2.84. The van der Waals surface area contributed by atoms with Gasteiger partial charge in [-0.25, -0.2) is 4.98 Å². The molecular weight excluding hydrogens is 376 g/mol. The number of piperidine rings is 1. The maximum absolute atomic E-state index is 13.3. The quantitative estimate of drug-likeness (QED) is 0.790. The topological polar surface area (TPSA) is 69.6 Å². The normalized spacial score (nSPS) is 18.4. The first kappa shape index (κ1) is 20.8. The first-order chi connectivity index (χ1) is 14.7. The van der Waals surface area contributed by atoms with Crippen LogP contribution in [0.15, 0.2) is 42.9 Å². The van der Waals surface area contributed by atoms with Gasteiger partial charge in [-0.3, -0.25) is 9.78 Å². The molecule has 2 aromatic heterocycles. The van der Waals surface area contributed by atoms with Gasteiger partial charge in [-0.05, 0) is 55.4 Å². The molecule has 1 aliphatic heterocycles. The van der Waals surface area contributed by atoms with Crippen molar-refractivity contribution < 1.29 is 9.90 Å². The van der Waals surface area contributed by atoms with E-state index in [9.17, 15) is 9.90 Å². The monoisotopic (exact) mass is 408 g/mol. The first-order valence-electron chi connectivity index (χ1n) is 11.3. The Kier molecular flexibility index (Phi) is 6.95. The van der Waals surface area contributed by atoms with Crippen LogP contribution < -0.4 is 4.90 Å². The van der Waals surface area contributed by atoms with E-state index in [1.54, 1.807) is 12.4 Å². The zero-order valence-corrected chi connectivity index (χ0v) is 17.6. The fourth-order valence-electron chi connectivity index (χ4n) is 4.65. The Bertz CT molecular complexity index is 798. The van der Waals surface area contributed by atoms with E-state index in [0.29, 0.717) is 18.0 Å². The summed E-state index contributed by atoms with van der Waals surface area (Å²) >= 11 is 0. The zero-order chi connectivity index (χ0) is 20.8. The molecule has 6 heteroatoms. The highest BCUT2D eigenvalue weighted by atomic mass is 16.3. The molecule has 4 rings (SSSR count). The van der Waals surface area contributed by atoms with Crippen LogP contribution in [0.3, 0.4) is 0 Å². The molecule has 2 aliphatic rings. The highest BCUT2D eigenvalue weighted by Gasteiger charge is 2.27. The number of pyridine rings is 2. The molecule has 0 spiro atoms. The van der Waals surface area contributed by atoms with Crippen LogP contribution in [-0.4, -0.2) is 51.6 Å². The number of aromatic nitrogens is 2. The van der Waals surface area contributed by atoms with Gasteiger partial charge in [0, 0.05) is 50.9 Å². The maximum Gasteiger partial charge on any atom is 0.255 e. The van der Waals surface area contributed by atoms with Crippen LogP contribution in [-0.2, 0) is 6.54 Å². The van der Waals surface area contributed by atoms with Crippen molar-refractivity contribution in [3.63, 3.8) is 0 Å². The Morgan fingerprint density at radius 2 is 1.87 bits per heavy atom. The fourth-order valence-corrected chi connectivity index (χ4v) is 4.65. The zero-order valence-electron chi connectivity index (χ0n) is 17.6. The largest absolute Gasteiger partial charge is 0.396 e. The third-order valence-corrected chi connectivity index (χ3v) is 6.54. The van der Waals surface area contributed by atoms with E-state index in [0.717, 1.165) is 50.2 Å². The molecule has 0 aromatic carbocycles. The Hall–Kier alpha value is -2.47.